The SMILES string of the molecule is CC[Si](CC)(CC)C(C)OC(=O)/C=C\C(=O)O. The Hall–Kier alpha value is -1.10. The Kier molecular flexibility index (Phi) is 6.80. The van der Waals surface area contributed by atoms with Crippen LogP contribution in [0.4, 0.5) is 0 Å². The molecule has 1 atom stereocenters. The molecule has 5 heteroatoms. The maximum absolute atomic E-state index is 11.4. The smallest absolute Gasteiger partial charge is 0.330 e. The first kappa shape index (κ1) is 15.9. The van der Waals surface area contributed by atoms with Crippen molar-refractivity contribution >= 4 is 20.0 Å². The summed E-state index contributed by atoms with van der Waals surface area (Å²) < 4.78 is 5.31. The Morgan fingerprint density at radius 3 is 2.00 bits per heavy atom. The van der Waals surface area contributed by atoms with Crippen LogP contribution in [0.3, 0.4) is 0 Å². The molecule has 0 aromatic carbocycles. The molecule has 4 nitrogen and oxygen atoms in total. The van der Waals surface area contributed by atoms with Crippen LogP contribution in [0.2, 0.25) is 18.1 Å². The second-order valence-corrected chi connectivity index (χ2v) is 9.83. The van der Waals surface area contributed by atoms with Gasteiger partial charge in [-0.25, -0.2) is 9.59 Å². The lowest BCUT2D eigenvalue weighted by molar-refractivity contribution is -0.140. The van der Waals surface area contributed by atoms with Crippen LogP contribution in [0.1, 0.15) is 27.7 Å². The molecule has 0 saturated carbocycles. The van der Waals surface area contributed by atoms with Gasteiger partial charge in [0.05, 0.1) is 5.73 Å². The van der Waals surface area contributed by atoms with Crippen molar-refractivity contribution in [1.29, 1.82) is 0 Å². The average molecular weight is 258 g/mol. The third-order valence-electron chi connectivity index (χ3n) is 3.63. The van der Waals surface area contributed by atoms with Crippen LogP contribution in [-0.4, -0.2) is 30.8 Å². The number of hydrogen-bond donors (Lipinski definition) is 1. The van der Waals surface area contributed by atoms with Gasteiger partial charge in [0, 0.05) is 12.2 Å². The van der Waals surface area contributed by atoms with E-state index in [-0.39, 0.29) is 5.73 Å². The van der Waals surface area contributed by atoms with Gasteiger partial charge in [-0.1, -0.05) is 38.9 Å². The molecule has 0 bridgehead atoms. The lowest BCUT2D eigenvalue weighted by Crippen LogP contribution is -2.46. The van der Waals surface area contributed by atoms with Crippen molar-refractivity contribution in [3.63, 3.8) is 0 Å². The van der Waals surface area contributed by atoms with Gasteiger partial charge >= 0.3 is 11.9 Å². The molecule has 0 heterocycles. The number of hydrogen-bond acceptors (Lipinski definition) is 3. The molecule has 0 aromatic rings. The summed E-state index contributed by atoms with van der Waals surface area (Å²) in [5, 5.41) is 8.41. The summed E-state index contributed by atoms with van der Waals surface area (Å²) in [7, 11) is -1.56. The summed E-state index contributed by atoms with van der Waals surface area (Å²) in [4.78, 5) is 21.7. The molecular formula is C12H22O4Si. The van der Waals surface area contributed by atoms with Crippen molar-refractivity contribution in [1.82, 2.24) is 0 Å². The lowest BCUT2D eigenvalue weighted by atomic mass is 10.5. The van der Waals surface area contributed by atoms with E-state index in [1.807, 2.05) is 6.92 Å². The van der Waals surface area contributed by atoms with Crippen LogP contribution in [-0.2, 0) is 14.3 Å². The summed E-state index contributed by atoms with van der Waals surface area (Å²) in [5.41, 5.74) is -0.0755. The van der Waals surface area contributed by atoms with Gasteiger partial charge in [0.1, 0.15) is 8.07 Å². The molecule has 0 aliphatic carbocycles. The molecule has 0 spiro atoms. The van der Waals surface area contributed by atoms with Crippen molar-refractivity contribution in [3.8, 4) is 0 Å². The van der Waals surface area contributed by atoms with E-state index in [4.69, 9.17) is 9.84 Å². The summed E-state index contributed by atoms with van der Waals surface area (Å²) in [6.07, 6.45) is 1.78. The normalized spacial score (nSPS) is 13.6. The largest absolute Gasteiger partial charge is 0.478 e. The van der Waals surface area contributed by atoms with E-state index in [0.717, 1.165) is 30.3 Å². The van der Waals surface area contributed by atoms with Gasteiger partial charge in [-0.05, 0) is 6.92 Å². The lowest BCUT2D eigenvalue weighted by Gasteiger charge is -2.33. The van der Waals surface area contributed by atoms with Gasteiger partial charge in [-0.2, -0.15) is 0 Å². The number of carbonyl (C=O) groups excluding carboxylic acids is 1. The molecule has 0 fully saturated rings. The van der Waals surface area contributed by atoms with Gasteiger partial charge < -0.3 is 9.84 Å². The number of aliphatic carboxylic acids is 1. The Morgan fingerprint density at radius 1 is 1.18 bits per heavy atom. The number of carboxylic acid groups (broad SMARTS) is 1. The molecule has 17 heavy (non-hydrogen) atoms. The van der Waals surface area contributed by atoms with Gasteiger partial charge in [-0.3, -0.25) is 0 Å². The zero-order valence-corrected chi connectivity index (χ0v) is 12.0. The zero-order chi connectivity index (χ0) is 13.5. The van der Waals surface area contributed by atoms with Crippen LogP contribution < -0.4 is 0 Å². The van der Waals surface area contributed by atoms with E-state index in [0.29, 0.717) is 0 Å². The van der Waals surface area contributed by atoms with E-state index in [1.54, 1.807) is 0 Å². The minimum atomic E-state index is -1.56. The highest BCUT2D eigenvalue weighted by Crippen LogP contribution is 2.26. The van der Waals surface area contributed by atoms with Crippen molar-refractivity contribution < 1.29 is 19.4 Å². The maximum Gasteiger partial charge on any atom is 0.330 e. The number of rotatable bonds is 7. The minimum Gasteiger partial charge on any atom is -0.478 e. The fraction of sp³-hybridized carbons (Fsp3) is 0.667. The number of carboxylic acids is 1. The maximum atomic E-state index is 11.4. The van der Waals surface area contributed by atoms with Gasteiger partial charge in [0.25, 0.3) is 0 Å². The minimum absolute atomic E-state index is 0.0755. The van der Waals surface area contributed by atoms with E-state index in [1.165, 1.54) is 0 Å². The van der Waals surface area contributed by atoms with E-state index in [2.05, 4.69) is 20.8 Å². The summed E-state index contributed by atoms with van der Waals surface area (Å²) >= 11 is 0. The van der Waals surface area contributed by atoms with Crippen LogP contribution in [0.15, 0.2) is 12.2 Å². The van der Waals surface area contributed by atoms with Crippen LogP contribution in [0, 0.1) is 0 Å². The fourth-order valence-corrected chi connectivity index (χ4v) is 5.68. The first-order chi connectivity index (χ1) is 7.91. The molecule has 0 saturated heterocycles. The first-order valence-electron chi connectivity index (χ1n) is 6.03. The topological polar surface area (TPSA) is 63.6 Å². The molecule has 0 aliphatic heterocycles. The molecule has 0 rings (SSSR count). The quantitative estimate of drug-likeness (QED) is 0.433. The van der Waals surface area contributed by atoms with Crippen LogP contribution in [0.25, 0.3) is 0 Å². The highest BCUT2D eigenvalue weighted by atomic mass is 28.3. The molecule has 0 aliphatic rings. The monoisotopic (exact) mass is 258 g/mol. The Morgan fingerprint density at radius 2 is 1.65 bits per heavy atom. The molecule has 0 amide bonds. The summed E-state index contributed by atoms with van der Waals surface area (Å²) in [6.45, 7) is 8.33. The van der Waals surface area contributed by atoms with Crippen molar-refractivity contribution in [3.05, 3.63) is 12.2 Å². The molecule has 1 N–H and O–H groups in total. The third kappa shape index (κ3) is 4.73. The standard InChI is InChI=1S/C12H22O4Si/c1-5-17(6-2,7-3)10(4)16-12(15)9-8-11(13)14/h8-10H,5-7H2,1-4H3,(H,13,14)/b9-8-. The second-order valence-electron chi connectivity index (χ2n) is 4.17. The van der Waals surface area contributed by atoms with Crippen molar-refractivity contribution in [2.45, 2.75) is 51.6 Å². The molecular weight excluding hydrogens is 236 g/mol. The van der Waals surface area contributed by atoms with Gasteiger partial charge in [-0.15, -0.1) is 0 Å². The van der Waals surface area contributed by atoms with E-state index in [9.17, 15) is 9.59 Å². The first-order valence-corrected chi connectivity index (χ1v) is 8.73. The number of esters is 1. The summed E-state index contributed by atoms with van der Waals surface area (Å²) in [5.74, 6) is -1.70. The molecule has 0 radical (unpaired) electrons. The Bertz CT molecular complexity index is 287. The number of ether oxygens (including phenoxy) is 1. The average Bonchev–Trinajstić information content (AvgIpc) is 2.29. The Labute approximate surface area is 104 Å². The highest BCUT2D eigenvalue weighted by molar-refractivity contribution is 6.80. The van der Waals surface area contributed by atoms with Crippen LogP contribution >= 0.6 is 0 Å². The predicted octanol–water partition coefficient (Wildman–Crippen LogP) is 2.61. The van der Waals surface area contributed by atoms with E-state index < -0.39 is 20.0 Å². The van der Waals surface area contributed by atoms with Crippen molar-refractivity contribution in [2.24, 2.45) is 0 Å². The Balaban J connectivity index is 4.56. The summed E-state index contributed by atoms with van der Waals surface area (Å²) in [6, 6.07) is 3.20. The second kappa shape index (κ2) is 7.27. The highest BCUT2D eigenvalue weighted by Gasteiger charge is 2.35. The predicted molar refractivity (Wildman–Crippen MR) is 69.5 cm³/mol. The van der Waals surface area contributed by atoms with Crippen molar-refractivity contribution in [2.75, 3.05) is 0 Å². The molecule has 0 aromatic heterocycles. The number of carbonyl (C=O) groups is 2. The third-order valence-corrected chi connectivity index (χ3v) is 9.70. The van der Waals surface area contributed by atoms with Gasteiger partial charge in [0.15, 0.2) is 0 Å². The molecule has 98 valence electrons. The van der Waals surface area contributed by atoms with Crippen LogP contribution in [0.5, 0.6) is 0 Å². The van der Waals surface area contributed by atoms with Gasteiger partial charge in [0.2, 0.25) is 0 Å². The fourth-order valence-electron chi connectivity index (χ4n) is 2.09. The van der Waals surface area contributed by atoms with E-state index >= 15 is 0 Å². The molecule has 1 unspecified atom stereocenters. The zero-order valence-electron chi connectivity index (χ0n) is 11.0.